The quantitative estimate of drug-likeness (QED) is 0.697. The summed E-state index contributed by atoms with van der Waals surface area (Å²) in [7, 11) is 0. The van der Waals surface area contributed by atoms with E-state index in [0.717, 1.165) is 0 Å². The Kier molecular flexibility index (Phi) is 4.79. The number of para-hydroxylation sites is 2. The summed E-state index contributed by atoms with van der Waals surface area (Å²) >= 11 is 0. The van der Waals surface area contributed by atoms with Gasteiger partial charge < -0.3 is 4.74 Å². The van der Waals surface area contributed by atoms with Gasteiger partial charge in [-0.25, -0.2) is 0 Å². The van der Waals surface area contributed by atoms with Crippen LogP contribution in [0.2, 0.25) is 0 Å². The molecule has 0 radical (unpaired) electrons. The summed E-state index contributed by atoms with van der Waals surface area (Å²) in [6, 6.07) is 20.9. The standard InChI is InChI=1S/C12H8O.U/c1-3-7-11(8-4-1)13-12-9-5-2-6-10-12;/h1-7,9H;/q-2;+2. The van der Waals surface area contributed by atoms with Crippen LogP contribution in [0.4, 0.5) is 0 Å². The molecule has 0 aliphatic carbocycles. The third-order valence-electron chi connectivity index (χ3n) is 1.58. The first-order valence-corrected chi connectivity index (χ1v) is 4.06. The van der Waals surface area contributed by atoms with Gasteiger partial charge in [-0.2, -0.15) is 36.4 Å². The molecule has 0 amide bonds. The third-order valence-corrected chi connectivity index (χ3v) is 1.58. The van der Waals surface area contributed by atoms with Gasteiger partial charge in [-0.3, -0.25) is 0 Å². The van der Waals surface area contributed by atoms with Crippen molar-refractivity contribution in [2.75, 3.05) is 0 Å². The zero-order chi connectivity index (χ0) is 8.93. The molecule has 14 heavy (non-hydrogen) atoms. The van der Waals surface area contributed by atoms with Gasteiger partial charge in [0, 0.05) is 11.5 Å². The second-order valence-electron chi connectivity index (χ2n) is 2.56. The molecule has 2 aromatic rings. The van der Waals surface area contributed by atoms with E-state index in [9.17, 15) is 0 Å². The van der Waals surface area contributed by atoms with Gasteiger partial charge >= 0.3 is 31.1 Å². The van der Waals surface area contributed by atoms with Gasteiger partial charge in [0.1, 0.15) is 0 Å². The minimum Gasteiger partial charge on any atom is -0.509 e. The normalized spacial score (nSPS) is 8.86. The van der Waals surface area contributed by atoms with E-state index in [1.165, 1.54) is 0 Å². The van der Waals surface area contributed by atoms with Crippen LogP contribution in [0.5, 0.6) is 11.5 Å². The average molecular weight is 406 g/mol. The van der Waals surface area contributed by atoms with Gasteiger partial charge in [0.2, 0.25) is 0 Å². The van der Waals surface area contributed by atoms with E-state index in [1.54, 1.807) is 0 Å². The molecule has 0 saturated heterocycles. The Balaban J connectivity index is 0.000000980. The minimum atomic E-state index is 0. The van der Waals surface area contributed by atoms with E-state index in [2.05, 4.69) is 12.1 Å². The Labute approximate surface area is 107 Å². The second-order valence-corrected chi connectivity index (χ2v) is 2.56. The molecule has 0 saturated carbocycles. The molecule has 0 aromatic heterocycles. The maximum Gasteiger partial charge on any atom is 2.00 e. The van der Waals surface area contributed by atoms with Crippen LogP contribution >= 0.6 is 0 Å². The predicted octanol–water partition coefficient (Wildman–Crippen LogP) is 3.08. The Morgan fingerprint density at radius 2 is 1.29 bits per heavy atom. The number of rotatable bonds is 2. The molecule has 0 unspecified atom stereocenters. The van der Waals surface area contributed by atoms with Crippen molar-refractivity contribution in [1.29, 1.82) is 0 Å². The maximum atomic E-state index is 5.47. The smallest absolute Gasteiger partial charge is 0.509 e. The summed E-state index contributed by atoms with van der Waals surface area (Å²) < 4.78 is 5.47. The van der Waals surface area contributed by atoms with Crippen molar-refractivity contribution in [1.82, 2.24) is 0 Å². The van der Waals surface area contributed by atoms with E-state index in [-0.39, 0.29) is 31.1 Å². The topological polar surface area (TPSA) is 9.23 Å². The maximum absolute atomic E-state index is 5.47. The first kappa shape index (κ1) is 11.4. The molecule has 0 spiro atoms. The van der Waals surface area contributed by atoms with Crippen LogP contribution in [-0.2, 0) is 0 Å². The van der Waals surface area contributed by atoms with Crippen LogP contribution in [-0.4, -0.2) is 0 Å². The van der Waals surface area contributed by atoms with Crippen LogP contribution in [0.15, 0.2) is 48.5 Å². The van der Waals surface area contributed by atoms with Crippen molar-refractivity contribution in [3.8, 4) is 11.5 Å². The summed E-state index contributed by atoms with van der Waals surface area (Å²) in [5.74, 6) is 1.43. The number of hydrogen-bond donors (Lipinski definition) is 0. The molecule has 0 atom stereocenters. The number of hydrogen-bond acceptors (Lipinski definition) is 1. The van der Waals surface area contributed by atoms with Gasteiger partial charge in [-0.1, -0.05) is 0 Å². The van der Waals surface area contributed by atoms with Gasteiger partial charge in [0.25, 0.3) is 0 Å². The van der Waals surface area contributed by atoms with E-state index in [0.29, 0.717) is 11.5 Å². The van der Waals surface area contributed by atoms with Crippen LogP contribution < -0.4 is 4.74 Å². The summed E-state index contributed by atoms with van der Waals surface area (Å²) in [4.78, 5) is 0. The van der Waals surface area contributed by atoms with Crippen molar-refractivity contribution in [2.24, 2.45) is 0 Å². The fourth-order valence-corrected chi connectivity index (χ4v) is 0.999. The predicted molar refractivity (Wildman–Crippen MR) is 50.6 cm³/mol. The summed E-state index contributed by atoms with van der Waals surface area (Å²) in [5.41, 5.74) is 0. The zero-order valence-electron chi connectivity index (χ0n) is 7.53. The van der Waals surface area contributed by atoms with Crippen molar-refractivity contribution in [3.63, 3.8) is 0 Å². The minimum absolute atomic E-state index is 0. The second kappa shape index (κ2) is 5.90. The van der Waals surface area contributed by atoms with Crippen molar-refractivity contribution in [2.45, 2.75) is 0 Å². The van der Waals surface area contributed by atoms with Crippen LogP contribution in [0.3, 0.4) is 0 Å². The first-order valence-electron chi connectivity index (χ1n) is 4.06. The van der Waals surface area contributed by atoms with Crippen molar-refractivity contribution in [3.05, 3.63) is 60.7 Å². The first-order chi connectivity index (χ1) is 6.45. The molecule has 2 rings (SSSR count). The SMILES string of the molecule is [U+2].[c-]1ccccc1Oc1[c-]cccc1. The molecule has 0 aliphatic heterocycles. The molecule has 0 heterocycles. The number of ether oxygens (including phenoxy) is 1. The van der Waals surface area contributed by atoms with E-state index in [4.69, 9.17) is 4.74 Å². The molecule has 0 aliphatic rings. The molecular formula is C12H8OU. The Morgan fingerprint density at radius 1 is 0.786 bits per heavy atom. The fourth-order valence-electron chi connectivity index (χ4n) is 0.999. The fraction of sp³-hybridized carbons (Fsp3) is 0. The van der Waals surface area contributed by atoms with E-state index in [1.807, 2.05) is 48.5 Å². The molecule has 0 fully saturated rings. The monoisotopic (exact) mass is 406 g/mol. The molecular weight excluding hydrogens is 398 g/mol. The van der Waals surface area contributed by atoms with E-state index >= 15 is 0 Å². The van der Waals surface area contributed by atoms with Crippen molar-refractivity contribution >= 4 is 0 Å². The average Bonchev–Trinajstić information content (AvgIpc) is 2.21. The molecule has 2 heteroatoms. The molecule has 2 aromatic carbocycles. The summed E-state index contributed by atoms with van der Waals surface area (Å²) in [6.45, 7) is 0. The molecule has 0 N–H and O–H groups in total. The Hall–Kier alpha value is -0.708. The molecule has 66 valence electrons. The molecule has 1 nitrogen and oxygen atoms in total. The van der Waals surface area contributed by atoms with Gasteiger partial charge in [-0.15, -0.1) is 24.3 Å². The Bertz CT molecular complexity index is 321. The summed E-state index contributed by atoms with van der Waals surface area (Å²) in [5, 5.41) is 0. The zero-order valence-corrected chi connectivity index (χ0v) is 11.7. The third kappa shape index (κ3) is 3.21. The largest absolute Gasteiger partial charge is 2.00 e. The Morgan fingerprint density at radius 3 is 1.64 bits per heavy atom. The van der Waals surface area contributed by atoms with Crippen LogP contribution in [0.1, 0.15) is 0 Å². The van der Waals surface area contributed by atoms with Crippen LogP contribution in [0, 0.1) is 43.2 Å². The number of benzene rings is 2. The summed E-state index contributed by atoms with van der Waals surface area (Å²) in [6.07, 6.45) is 0. The van der Waals surface area contributed by atoms with Gasteiger partial charge in [0.15, 0.2) is 0 Å². The van der Waals surface area contributed by atoms with Gasteiger partial charge in [-0.05, 0) is 0 Å². The van der Waals surface area contributed by atoms with Gasteiger partial charge in [0.05, 0.1) is 0 Å². The molecule has 0 bridgehead atoms. The van der Waals surface area contributed by atoms with Crippen molar-refractivity contribution < 1.29 is 35.9 Å². The van der Waals surface area contributed by atoms with Crippen LogP contribution in [0.25, 0.3) is 0 Å². The van der Waals surface area contributed by atoms with E-state index < -0.39 is 0 Å².